The Labute approximate surface area is 104 Å². The lowest BCUT2D eigenvalue weighted by Crippen LogP contribution is -2.54. The van der Waals surface area contributed by atoms with Crippen LogP contribution in [-0.4, -0.2) is 37.7 Å². The molecule has 1 aliphatic rings. The summed E-state index contributed by atoms with van der Waals surface area (Å²) in [6.07, 6.45) is 3.79. The fraction of sp³-hybridized carbons (Fsp3) is 0.917. The van der Waals surface area contributed by atoms with Crippen molar-refractivity contribution in [3.63, 3.8) is 0 Å². The molecule has 0 unspecified atom stereocenters. The van der Waals surface area contributed by atoms with Crippen molar-refractivity contribution >= 4 is 5.91 Å². The van der Waals surface area contributed by atoms with Gasteiger partial charge in [0.25, 0.3) is 0 Å². The molecule has 1 saturated heterocycles. The van der Waals surface area contributed by atoms with Gasteiger partial charge >= 0.3 is 0 Å². The van der Waals surface area contributed by atoms with Crippen LogP contribution >= 0.6 is 0 Å². The van der Waals surface area contributed by atoms with Crippen molar-refractivity contribution in [3.05, 3.63) is 0 Å². The molecule has 1 rings (SSSR count). The van der Waals surface area contributed by atoms with Gasteiger partial charge in [0.2, 0.25) is 5.91 Å². The van der Waals surface area contributed by atoms with Gasteiger partial charge in [0, 0.05) is 18.6 Å². The van der Waals surface area contributed by atoms with Gasteiger partial charge in [-0.2, -0.15) is 5.48 Å². The average molecular weight is 243 g/mol. The van der Waals surface area contributed by atoms with Gasteiger partial charge in [0.1, 0.15) is 0 Å². The average Bonchev–Trinajstić information content (AvgIpc) is 2.37. The van der Waals surface area contributed by atoms with Gasteiger partial charge in [-0.1, -0.05) is 13.8 Å². The number of piperidine rings is 1. The Morgan fingerprint density at radius 2 is 2.12 bits per heavy atom. The fourth-order valence-electron chi connectivity index (χ4n) is 2.14. The third kappa shape index (κ3) is 4.61. The molecule has 0 spiro atoms. The third-order valence-corrected chi connectivity index (χ3v) is 3.35. The van der Waals surface area contributed by atoms with E-state index in [2.05, 4.69) is 30.0 Å². The molecule has 0 aromatic rings. The molecule has 1 fully saturated rings. The molecule has 0 aromatic carbocycles. The summed E-state index contributed by atoms with van der Waals surface area (Å²) in [6, 6.07) is 0.557. The molecule has 1 heterocycles. The molecular weight excluding hydrogens is 218 g/mol. The minimum absolute atomic E-state index is 0.0505. The van der Waals surface area contributed by atoms with Crippen molar-refractivity contribution in [1.29, 1.82) is 0 Å². The predicted molar refractivity (Wildman–Crippen MR) is 67.5 cm³/mol. The Morgan fingerprint density at radius 1 is 1.41 bits per heavy atom. The van der Waals surface area contributed by atoms with E-state index < -0.39 is 0 Å². The van der Waals surface area contributed by atoms with Gasteiger partial charge in [0.15, 0.2) is 0 Å². The van der Waals surface area contributed by atoms with Gasteiger partial charge in [-0.15, -0.1) is 0 Å². The zero-order valence-corrected chi connectivity index (χ0v) is 11.1. The van der Waals surface area contributed by atoms with Gasteiger partial charge in [-0.25, -0.2) is 0 Å². The topological polar surface area (TPSA) is 62.4 Å². The largest absolute Gasteiger partial charge is 0.352 e. The summed E-state index contributed by atoms with van der Waals surface area (Å²) in [5, 5.41) is 6.33. The molecule has 100 valence electrons. The summed E-state index contributed by atoms with van der Waals surface area (Å²) >= 11 is 0. The fourth-order valence-corrected chi connectivity index (χ4v) is 2.14. The first-order chi connectivity index (χ1) is 8.21. The van der Waals surface area contributed by atoms with Crippen LogP contribution in [0.2, 0.25) is 0 Å². The number of amides is 1. The normalized spacial score (nSPS) is 24.9. The van der Waals surface area contributed by atoms with Crippen molar-refractivity contribution in [2.75, 3.05) is 13.7 Å². The van der Waals surface area contributed by atoms with Crippen LogP contribution in [0.4, 0.5) is 0 Å². The standard InChI is InChI=1S/C12H25N3O2/c1-4-9(5-2)14-12(16)11-7-6-10(8-13-11)15-17-3/h9-11,13,15H,4-8H2,1-3H3,(H,14,16)/t10-,11+/m1/s1. The molecular formula is C12H25N3O2. The number of carbonyl (C=O) groups excluding carboxylic acids is 1. The number of hydrogen-bond acceptors (Lipinski definition) is 4. The summed E-state index contributed by atoms with van der Waals surface area (Å²) in [5.41, 5.74) is 2.91. The summed E-state index contributed by atoms with van der Waals surface area (Å²) in [4.78, 5) is 16.9. The van der Waals surface area contributed by atoms with Crippen LogP contribution < -0.4 is 16.1 Å². The van der Waals surface area contributed by atoms with Crippen LogP contribution in [-0.2, 0) is 9.63 Å². The van der Waals surface area contributed by atoms with Crippen LogP contribution in [0, 0.1) is 0 Å². The molecule has 1 amide bonds. The van der Waals surface area contributed by atoms with Crippen LogP contribution in [0.25, 0.3) is 0 Å². The van der Waals surface area contributed by atoms with E-state index in [0.29, 0.717) is 12.1 Å². The molecule has 2 atom stereocenters. The Bertz CT molecular complexity index is 224. The Balaban J connectivity index is 2.30. The molecule has 17 heavy (non-hydrogen) atoms. The Kier molecular flexibility index (Phi) is 6.47. The van der Waals surface area contributed by atoms with E-state index in [-0.39, 0.29) is 11.9 Å². The molecule has 0 aromatic heterocycles. The van der Waals surface area contributed by atoms with Gasteiger partial charge in [-0.05, 0) is 25.7 Å². The second-order valence-electron chi connectivity index (χ2n) is 4.58. The van der Waals surface area contributed by atoms with E-state index in [4.69, 9.17) is 4.84 Å². The zero-order chi connectivity index (χ0) is 12.7. The summed E-state index contributed by atoms with van der Waals surface area (Å²) in [5.74, 6) is 0.134. The predicted octanol–water partition coefficient (Wildman–Crippen LogP) is 0.563. The molecule has 5 nitrogen and oxygen atoms in total. The molecule has 0 radical (unpaired) electrons. The lowest BCUT2D eigenvalue weighted by molar-refractivity contribution is -0.124. The smallest absolute Gasteiger partial charge is 0.237 e. The first-order valence-corrected chi connectivity index (χ1v) is 6.53. The second kappa shape index (κ2) is 7.63. The number of hydroxylamine groups is 1. The number of rotatable bonds is 6. The maximum atomic E-state index is 12.0. The van der Waals surface area contributed by atoms with E-state index in [1.165, 1.54) is 0 Å². The van der Waals surface area contributed by atoms with Gasteiger partial charge < -0.3 is 15.5 Å². The van der Waals surface area contributed by atoms with Crippen molar-refractivity contribution in [2.24, 2.45) is 0 Å². The summed E-state index contributed by atoms with van der Waals surface area (Å²) < 4.78 is 0. The highest BCUT2D eigenvalue weighted by molar-refractivity contribution is 5.82. The number of hydrogen-bond donors (Lipinski definition) is 3. The minimum atomic E-state index is -0.0505. The maximum Gasteiger partial charge on any atom is 0.237 e. The van der Waals surface area contributed by atoms with E-state index in [1.54, 1.807) is 7.11 Å². The lowest BCUT2D eigenvalue weighted by Gasteiger charge is -2.30. The lowest BCUT2D eigenvalue weighted by atomic mass is 10.00. The summed E-state index contributed by atoms with van der Waals surface area (Å²) in [6.45, 7) is 4.97. The quantitative estimate of drug-likeness (QED) is 0.597. The van der Waals surface area contributed by atoms with Crippen molar-refractivity contribution in [2.45, 2.75) is 57.7 Å². The SMILES string of the molecule is CCC(CC)NC(=O)[C@@H]1CC[C@@H](NOC)CN1. The van der Waals surface area contributed by atoms with Crippen LogP contribution in [0.15, 0.2) is 0 Å². The molecule has 0 aliphatic carbocycles. The van der Waals surface area contributed by atoms with Crippen LogP contribution in [0.5, 0.6) is 0 Å². The number of nitrogens with one attached hydrogen (secondary N) is 3. The monoisotopic (exact) mass is 243 g/mol. The minimum Gasteiger partial charge on any atom is -0.352 e. The first kappa shape index (κ1) is 14.4. The third-order valence-electron chi connectivity index (χ3n) is 3.35. The van der Waals surface area contributed by atoms with E-state index in [9.17, 15) is 4.79 Å². The van der Waals surface area contributed by atoms with E-state index in [0.717, 1.165) is 32.2 Å². The van der Waals surface area contributed by atoms with E-state index in [1.807, 2.05) is 0 Å². The molecule has 0 bridgehead atoms. The molecule has 5 heteroatoms. The van der Waals surface area contributed by atoms with Crippen molar-refractivity contribution in [1.82, 2.24) is 16.1 Å². The molecule has 3 N–H and O–H groups in total. The second-order valence-corrected chi connectivity index (χ2v) is 4.58. The van der Waals surface area contributed by atoms with Crippen LogP contribution in [0.1, 0.15) is 39.5 Å². The zero-order valence-electron chi connectivity index (χ0n) is 11.1. The number of carbonyl (C=O) groups is 1. The maximum absolute atomic E-state index is 12.0. The Morgan fingerprint density at radius 3 is 2.59 bits per heavy atom. The van der Waals surface area contributed by atoms with E-state index >= 15 is 0 Å². The highest BCUT2D eigenvalue weighted by atomic mass is 16.6. The molecule has 0 saturated carbocycles. The highest BCUT2D eigenvalue weighted by Gasteiger charge is 2.26. The summed E-state index contributed by atoms with van der Waals surface area (Å²) in [7, 11) is 1.62. The van der Waals surface area contributed by atoms with Crippen molar-refractivity contribution in [3.8, 4) is 0 Å². The van der Waals surface area contributed by atoms with Crippen LogP contribution in [0.3, 0.4) is 0 Å². The Hall–Kier alpha value is -0.650. The van der Waals surface area contributed by atoms with Crippen molar-refractivity contribution < 1.29 is 9.63 Å². The molecule has 1 aliphatic heterocycles. The van der Waals surface area contributed by atoms with Gasteiger partial charge in [-0.3, -0.25) is 4.79 Å². The first-order valence-electron chi connectivity index (χ1n) is 6.53. The van der Waals surface area contributed by atoms with Gasteiger partial charge in [0.05, 0.1) is 13.2 Å². The highest BCUT2D eigenvalue weighted by Crippen LogP contribution is 2.09.